The van der Waals surface area contributed by atoms with Crippen LogP contribution in [0.25, 0.3) is 0 Å². The Morgan fingerprint density at radius 3 is 1.24 bits per heavy atom. The van der Waals surface area contributed by atoms with Crippen molar-refractivity contribution in [3.8, 4) is 11.5 Å². The molecular weight excluding hydrogens is 383 g/mol. The van der Waals surface area contributed by atoms with Crippen molar-refractivity contribution in [3.63, 3.8) is 0 Å². The van der Waals surface area contributed by atoms with Gasteiger partial charge in [0.1, 0.15) is 11.5 Å². The first kappa shape index (κ1) is 30.0. The van der Waals surface area contributed by atoms with Crippen LogP contribution >= 0.6 is 0 Å². The maximum atomic E-state index is 10.2. The Balaban J connectivity index is -0.0000000904. The van der Waals surface area contributed by atoms with Gasteiger partial charge in [-0.3, -0.25) is 0 Å². The first-order valence-electron chi connectivity index (χ1n) is 5.36. The first-order chi connectivity index (χ1) is 10.4. The predicted molar refractivity (Wildman–Crippen MR) is 78.4 cm³/mol. The number of aromatic nitrogens is 2. The summed E-state index contributed by atoms with van der Waals surface area (Å²) in [7, 11) is 0. The third-order valence-electron chi connectivity index (χ3n) is 1.98. The molecular formula is C12H17N2O10V-. The summed E-state index contributed by atoms with van der Waals surface area (Å²) in [6.07, 6.45) is 2.62. The van der Waals surface area contributed by atoms with Crippen molar-refractivity contribution in [2.45, 2.75) is 0 Å². The van der Waals surface area contributed by atoms with Crippen LogP contribution in [0.4, 0.5) is 0 Å². The number of pyridine rings is 2. The molecule has 0 saturated heterocycles. The Labute approximate surface area is 151 Å². The molecule has 0 aliphatic rings. The number of rotatable bonds is 2. The molecule has 0 saturated carbocycles. The maximum absolute atomic E-state index is 10.2. The van der Waals surface area contributed by atoms with Crippen LogP contribution in [0.5, 0.6) is 11.5 Å². The number of carboxylic acid groups (broad SMARTS) is 2. The first-order valence-corrected chi connectivity index (χ1v) is 5.93. The van der Waals surface area contributed by atoms with Crippen LogP contribution in [0, 0.1) is 0 Å². The summed E-state index contributed by atoms with van der Waals surface area (Å²) in [6, 6.07) is 5.47. The average molecular weight is 400 g/mol. The fraction of sp³-hybridized carbons (Fsp3) is 0. The number of aromatic carboxylic acids is 2. The zero-order chi connectivity index (χ0) is 17.1. The Bertz CT molecular complexity index is 606. The van der Waals surface area contributed by atoms with Gasteiger partial charge in [0.15, 0.2) is 11.4 Å². The quantitative estimate of drug-likeness (QED) is 0.456. The normalized spacial score (nSPS) is 7.48. The second kappa shape index (κ2) is 16.0. The fourth-order valence-electron chi connectivity index (χ4n) is 1.12. The monoisotopic (exact) mass is 400 g/mol. The number of carbonyl (C=O) groups is 2. The van der Waals surface area contributed by atoms with Crippen molar-refractivity contribution < 1.29 is 68.9 Å². The van der Waals surface area contributed by atoms with E-state index in [1.165, 1.54) is 36.7 Å². The van der Waals surface area contributed by atoms with Crippen molar-refractivity contribution >= 4 is 11.9 Å². The topological polar surface area (TPSA) is 252 Å². The molecule has 2 aromatic rings. The van der Waals surface area contributed by atoms with Gasteiger partial charge in [0.05, 0.1) is 0 Å². The minimum atomic E-state index is -1.22. The van der Waals surface area contributed by atoms with E-state index in [2.05, 4.69) is 9.97 Å². The van der Waals surface area contributed by atoms with Crippen LogP contribution in [-0.2, 0) is 21.0 Å². The summed E-state index contributed by atoms with van der Waals surface area (Å²) in [5, 5.41) is 34.4. The van der Waals surface area contributed by atoms with Crippen LogP contribution < -0.4 is 0 Å². The van der Waals surface area contributed by atoms with Gasteiger partial charge in [0.25, 0.3) is 0 Å². The van der Waals surface area contributed by atoms with Crippen LogP contribution in [0.15, 0.2) is 36.7 Å². The number of carboxylic acids is 2. The summed E-state index contributed by atoms with van der Waals surface area (Å²) >= 11 is 1.06. The summed E-state index contributed by atoms with van der Waals surface area (Å²) in [4.78, 5) is 27.3. The summed E-state index contributed by atoms with van der Waals surface area (Å²) in [5.74, 6) is -3.07. The Morgan fingerprint density at radius 1 is 0.800 bits per heavy atom. The van der Waals surface area contributed by atoms with Gasteiger partial charge in [-0.2, -0.15) is 0 Å². The van der Waals surface area contributed by atoms with E-state index in [1.54, 1.807) is 0 Å². The molecule has 12 nitrogen and oxygen atoms in total. The number of hydrogen-bond donors (Lipinski definition) is 4. The number of nitrogens with zero attached hydrogens (tertiary/aromatic N) is 2. The fourth-order valence-corrected chi connectivity index (χ4v) is 1.12. The molecule has 141 valence electrons. The second-order valence-corrected chi connectivity index (χ2v) is 3.35. The van der Waals surface area contributed by atoms with Crippen LogP contribution in [0.3, 0.4) is 0 Å². The van der Waals surface area contributed by atoms with Gasteiger partial charge in [-0.25, -0.2) is 19.6 Å². The van der Waals surface area contributed by atoms with E-state index < -0.39 is 11.9 Å². The molecule has 2 aromatic heterocycles. The van der Waals surface area contributed by atoms with Crippen molar-refractivity contribution in [3.05, 3.63) is 48.0 Å². The SMILES string of the molecule is O.O.O.O=C(O)c1ncccc1O.O=C(O)c1ncccc1O.[H-].[O]=[V]. The van der Waals surface area contributed by atoms with Crippen molar-refractivity contribution in [2.24, 2.45) is 0 Å². The molecule has 0 fully saturated rings. The molecule has 2 heterocycles. The Kier molecular flexibility index (Phi) is 19.2. The molecule has 0 bridgehead atoms. The molecule has 2 rings (SSSR count). The Hall–Kier alpha value is -2.90. The van der Waals surface area contributed by atoms with E-state index in [0.717, 1.165) is 17.4 Å². The van der Waals surface area contributed by atoms with Crippen molar-refractivity contribution in [1.29, 1.82) is 0 Å². The van der Waals surface area contributed by atoms with Gasteiger partial charge in [-0.15, -0.1) is 0 Å². The summed E-state index contributed by atoms with van der Waals surface area (Å²) in [5.41, 5.74) is -0.634. The van der Waals surface area contributed by atoms with E-state index in [9.17, 15) is 9.59 Å². The minimum absolute atomic E-state index is 0. The zero-order valence-corrected chi connectivity index (χ0v) is 13.7. The average Bonchev–Trinajstić information content (AvgIpc) is 2.50. The van der Waals surface area contributed by atoms with Gasteiger partial charge >= 0.3 is 33.0 Å². The Morgan fingerprint density at radius 2 is 1.08 bits per heavy atom. The van der Waals surface area contributed by atoms with E-state index in [0.29, 0.717) is 0 Å². The van der Waals surface area contributed by atoms with Gasteiger partial charge < -0.3 is 38.3 Å². The molecule has 13 heteroatoms. The van der Waals surface area contributed by atoms with Crippen molar-refractivity contribution in [1.82, 2.24) is 9.97 Å². The molecule has 10 N–H and O–H groups in total. The second-order valence-electron chi connectivity index (χ2n) is 3.35. The van der Waals surface area contributed by atoms with Gasteiger partial charge in [-0.1, -0.05) is 0 Å². The third kappa shape index (κ3) is 10.5. The number of hydrogen-bond acceptors (Lipinski definition) is 7. The van der Waals surface area contributed by atoms with E-state index >= 15 is 0 Å². The van der Waals surface area contributed by atoms with E-state index in [1.807, 2.05) is 0 Å². The van der Waals surface area contributed by atoms with Crippen molar-refractivity contribution in [2.75, 3.05) is 0 Å². The molecule has 0 atom stereocenters. The predicted octanol–water partition coefficient (Wildman–Crippen LogP) is -1.51. The standard InChI is InChI=1S/2C6H5NO3.3H2O.O.V.H/c2*8-4-2-1-3-7-5(4)6(9)10;;;;;;/h2*1-3,8H,(H,9,10);3*1H2;;;/q;;;;;;;-1. The molecule has 0 aromatic carbocycles. The molecule has 0 unspecified atom stereocenters. The van der Waals surface area contributed by atoms with Gasteiger partial charge in [0, 0.05) is 12.4 Å². The molecule has 0 radical (unpaired) electrons. The molecule has 0 aliphatic heterocycles. The molecule has 0 amide bonds. The zero-order valence-electron chi connectivity index (χ0n) is 13.3. The van der Waals surface area contributed by atoms with Crippen LogP contribution in [0.1, 0.15) is 22.4 Å². The molecule has 0 spiro atoms. The van der Waals surface area contributed by atoms with E-state index in [4.69, 9.17) is 24.1 Å². The molecule has 25 heavy (non-hydrogen) atoms. The van der Waals surface area contributed by atoms with Crippen LogP contribution in [0.2, 0.25) is 0 Å². The molecule has 0 aliphatic carbocycles. The van der Waals surface area contributed by atoms with Crippen LogP contribution in [-0.4, -0.2) is 58.8 Å². The summed E-state index contributed by atoms with van der Waals surface area (Å²) in [6.45, 7) is 0. The van der Waals surface area contributed by atoms with E-state index in [-0.39, 0.29) is 40.7 Å². The van der Waals surface area contributed by atoms with Gasteiger partial charge in [0.2, 0.25) is 0 Å². The third-order valence-corrected chi connectivity index (χ3v) is 1.98. The number of aromatic hydroxyl groups is 2. The summed E-state index contributed by atoms with van der Waals surface area (Å²) < 4.78 is 8.19. The van der Waals surface area contributed by atoms with Gasteiger partial charge in [-0.05, 0) is 24.3 Å².